The summed E-state index contributed by atoms with van der Waals surface area (Å²) in [4.78, 5) is 2.29. The van der Waals surface area contributed by atoms with Crippen LogP contribution in [-0.2, 0) is 10.2 Å². The molecular weight excluding hydrogens is 278 g/mol. The number of hydrogen-bond acceptors (Lipinski definition) is 4. The van der Waals surface area contributed by atoms with Crippen molar-refractivity contribution in [3.05, 3.63) is 24.2 Å². The van der Waals surface area contributed by atoms with Crippen molar-refractivity contribution < 1.29 is 12.8 Å². The molecule has 0 bridgehead atoms. The first-order valence-electron chi connectivity index (χ1n) is 6.95. The molecular formula is C13H23N3O3S. The lowest BCUT2D eigenvalue weighted by Crippen LogP contribution is -2.43. The molecule has 1 saturated heterocycles. The first kappa shape index (κ1) is 15.5. The van der Waals surface area contributed by atoms with E-state index in [0.29, 0.717) is 6.54 Å². The normalized spacial score (nSPS) is 19.4. The average Bonchev–Trinajstić information content (AvgIpc) is 2.94. The zero-order valence-electron chi connectivity index (χ0n) is 12.1. The maximum Gasteiger partial charge on any atom is 0.278 e. The Balaban J connectivity index is 2.07. The average molecular weight is 301 g/mol. The zero-order valence-corrected chi connectivity index (χ0v) is 12.9. The largest absolute Gasteiger partial charge is 0.468 e. The van der Waals surface area contributed by atoms with Crippen LogP contribution in [0.5, 0.6) is 0 Å². The molecule has 0 amide bonds. The third-order valence-corrected chi connectivity index (χ3v) is 5.14. The highest BCUT2D eigenvalue weighted by atomic mass is 32.2. The summed E-state index contributed by atoms with van der Waals surface area (Å²) in [5.74, 6) is 0.813. The van der Waals surface area contributed by atoms with Crippen molar-refractivity contribution in [3.63, 3.8) is 0 Å². The minimum Gasteiger partial charge on any atom is -0.468 e. The zero-order chi connectivity index (χ0) is 14.6. The smallest absolute Gasteiger partial charge is 0.278 e. The van der Waals surface area contributed by atoms with Crippen LogP contribution in [0, 0.1) is 0 Å². The molecule has 20 heavy (non-hydrogen) atoms. The van der Waals surface area contributed by atoms with Gasteiger partial charge in [-0.3, -0.25) is 4.90 Å². The van der Waals surface area contributed by atoms with Crippen LogP contribution in [0.25, 0.3) is 0 Å². The number of nitrogens with zero attached hydrogens (tertiary/aromatic N) is 2. The van der Waals surface area contributed by atoms with Gasteiger partial charge in [-0.05, 0) is 38.1 Å². The molecule has 1 unspecified atom stereocenters. The summed E-state index contributed by atoms with van der Waals surface area (Å²) in [6.07, 6.45) is 5.17. The first-order chi connectivity index (χ1) is 9.50. The molecule has 0 radical (unpaired) electrons. The van der Waals surface area contributed by atoms with Crippen LogP contribution in [0.3, 0.4) is 0 Å². The molecule has 7 heteroatoms. The summed E-state index contributed by atoms with van der Waals surface area (Å²) < 4.78 is 33.0. The van der Waals surface area contributed by atoms with E-state index in [9.17, 15) is 8.42 Å². The highest BCUT2D eigenvalue weighted by Gasteiger charge is 2.26. The lowest BCUT2D eigenvalue weighted by molar-refractivity contribution is 0.147. The minimum atomic E-state index is -3.41. The van der Waals surface area contributed by atoms with Gasteiger partial charge >= 0.3 is 0 Å². The van der Waals surface area contributed by atoms with Gasteiger partial charge in [0.15, 0.2) is 0 Å². The predicted molar refractivity (Wildman–Crippen MR) is 77.5 cm³/mol. The summed E-state index contributed by atoms with van der Waals surface area (Å²) >= 11 is 0. The van der Waals surface area contributed by atoms with Gasteiger partial charge in [0.05, 0.1) is 12.3 Å². The summed E-state index contributed by atoms with van der Waals surface area (Å²) in [5, 5.41) is 0. The van der Waals surface area contributed by atoms with Crippen molar-refractivity contribution in [2.45, 2.75) is 25.3 Å². The van der Waals surface area contributed by atoms with Crippen molar-refractivity contribution in [1.82, 2.24) is 13.9 Å². The fourth-order valence-corrected chi connectivity index (χ4v) is 3.06. The number of rotatable bonds is 6. The summed E-state index contributed by atoms with van der Waals surface area (Å²) in [7, 11) is -0.370. The fourth-order valence-electron chi connectivity index (χ4n) is 2.43. The highest BCUT2D eigenvalue weighted by molar-refractivity contribution is 7.87. The Morgan fingerprint density at radius 2 is 2.05 bits per heavy atom. The molecule has 2 heterocycles. The quantitative estimate of drug-likeness (QED) is 0.857. The molecule has 1 atom stereocenters. The van der Waals surface area contributed by atoms with E-state index in [4.69, 9.17) is 4.42 Å². The molecule has 0 spiro atoms. The van der Waals surface area contributed by atoms with Gasteiger partial charge in [0, 0.05) is 20.6 Å². The molecule has 2 rings (SSSR count). The summed E-state index contributed by atoms with van der Waals surface area (Å²) in [6, 6.07) is 3.70. The molecule has 114 valence electrons. The molecule has 1 aromatic rings. The first-order valence-corrected chi connectivity index (χ1v) is 8.39. The van der Waals surface area contributed by atoms with Gasteiger partial charge < -0.3 is 4.42 Å². The highest BCUT2D eigenvalue weighted by Crippen LogP contribution is 2.24. The molecule has 1 aliphatic heterocycles. The van der Waals surface area contributed by atoms with Crippen LogP contribution in [0.4, 0.5) is 0 Å². The standard InChI is InChI=1S/C13H23N3O3S/c1-15(2)20(17,18)14-11-12(13-7-6-10-19-13)16-8-4-3-5-9-16/h6-7,10,12,14H,3-5,8-9,11H2,1-2H3. The fraction of sp³-hybridized carbons (Fsp3) is 0.692. The van der Waals surface area contributed by atoms with Crippen molar-refractivity contribution in [3.8, 4) is 0 Å². The second-order valence-corrected chi connectivity index (χ2v) is 7.23. The van der Waals surface area contributed by atoms with Crippen LogP contribution < -0.4 is 4.72 Å². The molecule has 1 fully saturated rings. The predicted octanol–water partition coefficient (Wildman–Crippen LogP) is 1.20. The molecule has 1 N–H and O–H groups in total. The number of hydrogen-bond donors (Lipinski definition) is 1. The van der Waals surface area contributed by atoms with Crippen LogP contribution in [0.2, 0.25) is 0 Å². The Hall–Kier alpha value is -0.890. The Morgan fingerprint density at radius 3 is 2.60 bits per heavy atom. The second-order valence-electron chi connectivity index (χ2n) is 5.26. The van der Waals surface area contributed by atoms with E-state index in [1.807, 2.05) is 12.1 Å². The van der Waals surface area contributed by atoms with Gasteiger partial charge in [-0.1, -0.05) is 6.42 Å². The van der Waals surface area contributed by atoms with Crippen LogP contribution in [-0.4, -0.2) is 51.4 Å². The van der Waals surface area contributed by atoms with Crippen molar-refractivity contribution in [2.24, 2.45) is 0 Å². The third-order valence-electron chi connectivity index (χ3n) is 3.64. The maximum absolute atomic E-state index is 11.9. The lowest BCUT2D eigenvalue weighted by Gasteiger charge is -2.33. The van der Waals surface area contributed by atoms with E-state index in [1.165, 1.54) is 24.8 Å². The van der Waals surface area contributed by atoms with E-state index in [-0.39, 0.29) is 6.04 Å². The number of furan rings is 1. The Labute approximate surface area is 120 Å². The van der Waals surface area contributed by atoms with Crippen molar-refractivity contribution >= 4 is 10.2 Å². The van der Waals surface area contributed by atoms with Gasteiger partial charge in [-0.15, -0.1) is 0 Å². The number of nitrogens with one attached hydrogen (secondary N) is 1. The molecule has 1 aliphatic rings. The Morgan fingerprint density at radius 1 is 1.35 bits per heavy atom. The second kappa shape index (κ2) is 6.71. The SMILES string of the molecule is CN(C)S(=O)(=O)NCC(c1ccco1)N1CCCCC1. The van der Waals surface area contributed by atoms with Gasteiger partial charge in [0.25, 0.3) is 10.2 Å². The van der Waals surface area contributed by atoms with Crippen LogP contribution in [0.15, 0.2) is 22.8 Å². The van der Waals surface area contributed by atoms with Crippen LogP contribution in [0.1, 0.15) is 31.1 Å². The third kappa shape index (κ3) is 3.82. The molecule has 1 aromatic heterocycles. The minimum absolute atomic E-state index is 0.0416. The van der Waals surface area contributed by atoms with Gasteiger partial charge in [-0.25, -0.2) is 4.72 Å². The summed E-state index contributed by atoms with van der Waals surface area (Å²) in [5.41, 5.74) is 0. The number of piperidine rings is 1. The van der Waals surface area contributed by atoms with E-state index in [0.717, 1.165) is 31.7 Å². The van der Waals surface area contributed by atoms with E-state index in [1.54, 1.807) is 6.26 Å². The summed E-state index contributed by atoms with van der Waals surface area (Å²) in [6.45, 7) is 2.29. The molecule has 0 aliphatic carbocycles. The van der Waals surface area contributed by atoms with E-state index < -0.39 is 10.2 Å². The Kier molecular flexibility index (Phi) is 5.20. The lowest BCUT2D eigenvalue weighted by atomic mass is 10.1. The van der Waals surface area contributed by atoms with Gasteiger partial charge in [-0.2, -0.15) is 12.7 Å². The van der Waals surface area contributed by atoms with E-state index in [2.05, 4.69) is 9.62 Å². The van der Waals surface area contributed by atoms with Crippen molar-refractivity contribution in [2.75, 3.05) is 33.7 Å². The number of likely N-dealkylation sites (tertiary alicyclic amines) is 1. The van der Waals surface area contributed by atoms with Gasteiger partial charge in [0.1, 0.15) is 5.76 Å². The maximum atomic E-state index is 11.9. The van der Waals surface area contributed by atoms with Crippen LogP contribution >= 0.6 is 0 Å². The Bertz CT molecular complexity index is 493. The molecule has 0 aromatic carbocycles. The van der Waals surface area contributed by atoms with E-state index >= 15 is 0 Å². The molecule has 0 saturated carbocycles. The van der Waals surface area contributed by atoms with Gasteiger partial charge in [0.2, 0.25) is 0 Å². The molecule has 6 nitrogen and oxygen atoms in total. The van der Waals surface area contributed by atoms with Crippen molar-refractivity contribution in [1.29, 1.82) is 0 Å². The topological polar surface area (TPSA) is 65.8 Å². The monoisotopic (exact) mass is 301 g/mol.